The van der Waals surface area contributed by atoms with E-state index in [2.05, 4.69) is 20.9 Å². The summed E-state index contributed by atoms with van der Waals surface area (Å²) in [6, 6.07) is 4.54. The summed E-state index contributed by atoms with van der Waals surface area (Å²) in [4.78, 5) is 41.8. The van der Waals surface area contributed by atoms with E-state index in [-0.39, 0.29) is 24.3 Å². The van der Waals surface area contributed by atoms with Crippen LogP contribution in [0.1, 0.15) is 41.4 Å². The average molecular weight is 429 g/mol. The molecule has 156 valence electrons. The van der Waals surface area contributed by atoms with Gasteiger partial charge in [0.2, 0.25) is 11.8 Å². The molecule has 0 spiro atoms. The molecule has 3 amide bonds. The molecule has 10 heteroatoms. The van der Waals surface area contributed by atoms with Crippen LogP contribution >= 0.6 is 11.3 Å². The third kappa shape index (κ3) is 4.33. The fraction of sp³-hybridized carbons (Fsp3) is 0.300. The zero-order valence-electron chi connectivity index (χ0n) is 15.9. The third-order valence-electron chi connectivity index (χ3n) is 4.99. The van der Waals surface area contributed by atoms with Gasteiger partial charge < -0.3 is 16.0 Å². The lowest BCUT2D eigenvalue weighted by Crippen LogP contribution is -2.50. The SMILES string of the molecule is O=C1CCC[C@H](C(=O)NCC(NC(=O)c2cnc3sccn23)c2ccc(F)cc2)N1. The zero-order chi connectivity index (χ0) is 21.1. The number of hydrogen-bond donors (Lipinski definition) is 3. The van der Waals surface area contributed by atoms with E-state index in [4.69, 9.17) is 0 Å². The molecule has 30 heavy (non-hydrogen) atoms. The Hall–Kier alpha value is -3.27. The molecule has 8 nitrogen and oxygen atoms in total. The smallest absolute Gasteiger partial charge is 0.270 e. The molecule has 2 atom stereocenters. The largest absolute Gasteiger partial charge is 0.352 e. The van der Waals surface area contributed by atoms with Crippen LogP contribution < -0.4 is 16.0 Å². The molecule has 1 aliphatic heterocycles. The third-order valence-corrected chi connectivity index (χ3v) is 5.76. The normalized spacial score (nSPS) is 17.4. The number of piperidine rings is 1. The van der Waals surface area contributed by atoms with Crippen LogP contribution in [0.2, 0.25) is 0 Å². The Kier molecular flexibility index (Phi) is 5.75. The molecule has 3 aromatic rings. The van der Waals surface area contributed by atoms with Crippen molar-refractivity contribution in [3.63, 3.8) is 0 Å². The first-order valence-electron chi connectivity index (χ1n) is 9.55. The summed E-state index contributed by atoms with van der Waals surface area (Å²) in [6.45, 7) is 0.0914. The summed E-state index contributed by atoms with van der Waals surface area (Å²) in [7, 11) is 0. The second-order valence-corrected chi connectivity index (χ2v) is 7.91. The van der Waals surface area contributed by atoms with Crippen molar-refractivity contribution in [2.24, 2.45) is 0 Å². The highest BCUT2D eigenvalue weighted by Gasteiger charge is 2.26. The van der Waals surface area contributed by atoms with Crippen molar-refractivity contribution in [3.05, 3.63) is 59.1 Å². The van der Waals surface area contributed by atoms with Crippen LogP contribution in [-0.4, -0.2) is 39.7 Å². The molecule has 4 rings (SSSR count). The predicted octanol–water partition coefficient (Wildman–Crippen LogP) is 1.79. The minimum Gasteiger partial charge on any atom is -0.352 e. The number of thiazole rings is 1. The van der Waals surface area contributed by atoms with E-state index in [1.165, 1.54) is 29.7 Å². The van der Waals surface area contributed by atoms with Gasteiger partial charge in [-0.05, 0) is 30.5 Å². The van der Waals surface area contributed by atoms with Crippen LogP contribution in [0.25, 0.3) is 4.96 Å². The van der Waals surface area contributed by atoms with E-state index in [9.17, 15) is 18.8 Å². The Balaban J connectivity index is 1.48. The minimum atomic E-state index is -0.592. The molecule has 1 saturated heterocycles. The number of nitrogens with one attached hydrogen (secondary N) is 3. The number of benzene rings is 1. The molecule has 1 unspecified atom stereocenters. The van der Waals surface area contributed by atoms with Crippen LogP contribution in [0.4, 0.5) is 4.39 Å². The second-order valence-electron chi connectivity index (χ2n) is 7.03. The monoisotopic (exact) mass is 429 g/mol. The first-order valence-corrected chi connectivity index (χ1v) is 10.4. The number of nitrogens with zero attached hydrogens (tertiary/aromatic N) is 2. The molecule has 0 aliphatic carbocycles. The van der Waals surface area contributed by atoms with Gasteiger partial charge in [0.25, 0.3) is 5.91 Å². The lowest BCUT2D eigenvalue weighted by molar-refractivity contribution is -0.131. The number of carbonyl (C=O) groups is 3. The average Bonchev–Trinajstić information content (AvgIpc) is 3.35. The highest BCUT2D eigenvalue weighted by Crippen LogP contribution is 2.17. The van der Waals surface area contributed by atoms with Crippen LogP contribution in [-0.2, 0) is 9.59 Å². The maximum atomic E-state index is 13.4. The summed E-state index contributed by atoms with van der Waals surface area (Å²) in [5, 5.41) is 10.2. The summed E-state index contributed by atoms with van der Waals surface area (Å²) in [5.74, 6) is -1.22. The molecular weight excluding hydrogens is 409 g/mol. The molecule has 3 N–H and O–H groups in total. The number of aromatic nitrogens is 2. The summed E-state index contributed by atoms with van der Waals surface area (Å²) >= 11 is 1.41. The number of fused-ring (bicyclic) bond motifs is 1. The summed E-state index contributed by atoms with van der Waals surface area (Å²) in [6.07, 6.45) is 4.87. The standard InChI is InChI=1S/C20H20FN5O3S/c21-13-6-4-12(5-7-13)15(10-22-18(28)14-2-1-3-17(27)24-14)25-19(29)16-11-23-20-26(16)8-9-30-20/h4-9,11,14-15H,1-3,10H2,(H,22,28)(H,24,27)(H,25,29)/t14-,15?/m1/s1. The van der Waals surface area contributed by atoms with Gasteiger partial charge in [-0.1, -0.05) is 12.1 Å². The maximum absolute atomic E-state index is 13.4. The van der Waals surface area contributed by atoms with Crippen molar-refractivity contribution in [2.75, 3.05) is 6.54 Å². The van der Waals surface area contributed by atoms with Crippen molar-refractivity contribution in [3.8, 4) is 0 Å². The Morgan fingerprint density at radius 2 is 2.13 bits per heavy atom. The van der Waals surface area contributed by atoms with Gasteiger partial charge in [0.05, 0.1) is 12.2 Å². The van der Waals surface area contributed by atoms with Crippen molar-refractivity contribution < 1.29 is 18.8 Å². The van der Waals surface area contributed by atoms with E-state index in [0.717, 1.165) is 0 Å². The lowest BCUT2D eigenvalue weighted by atomic mass is 10.0. The van der Waals surface area contributed by atoms with Gasteiger partial charge in [-0.15, -0.1) is 11.3 Å². The van der Waals surface area contributed by atoms with E-state index in [0.29, 0.717) is 35.5 Å². The van der Waals surface area contributed by atoms with Crippen LogP contribution in [0.5, 0.6) is 0 Å². The highest BCUT2D eigenvalue weighted by atomic mass is 32.1. The van der Waals surface area contributed by atoms with Crippen LogP contribution in [0.15, 0.2) is 42.0 Å². The molecule has 1 aliphatic rings. The van der Waals surface area contributed by atoms with Gasteiger partial charge in [0.1, 0.15) is 17.6 Å². The molecule has 0 bridgehead atoms. The second kappa shape index (κ2) is 8.62. The van der Waals surface area contributed by atoms with Gasteiger partial charge in [-0.3, -0.25) is 18.8 Å². The number of rotatable bonds is 6. The quantitative estimate of drug-likeness (QED) is 0.556. The number of halogens is 1. The molecule has 0 saturated carbocycles. The topological polar surface area (TPSA) is 105 Å². The molecule has 2 aromatic heterocycles. The van der Waals surface area contributed by atoms with Gasteiger partial charge in [-0.25, -0.2) is 9.37 Å². The summed E-state index contributed by atoms with van der Waals surface area (Å²) < 4.78 is 15.0. The lowest BCUT2D eigenvalue weighted by Gasteiger charge is -2.24. The Morgan fingerprint density at radius 1 is 1.33 bits per heavy atom. The number of imidazole rings is 1. The Labute approximate surface area is 175 Å². The number of carbonyl (C=O) groups excluding carboxylic acids is 3. The van der Waals surface area contributed by atoms with E-state index in [1.54, 1.807) is 22.7 Å². The zero-order valence-corrected chi connectivity index (χ0v) is 16.7. The molecule has 1 fully saturated rings. The van der Waals surface area contributed by atoms with Crippen molar-refractivity contribution in [1.82, 2.24) is 25.3 Å². The maximum Gasteiger partial charge on any atom is 0.270 e. The first-order chi connectivity index (χ1) is 14.5. The highest BCUT2D eigenvalue weighted by molar-refractivity contribution is 7.15. The Bertz CT molecular complexity index is 1080. The van der Waals surface area contributed by atoms with E-state index in [1.807, 2.05) is 5.38 Å². The number of hydrogen-bond acceptors (Lipinski definition) is 5. The predicted molar refractivity (Wildman–Crippen MR) is 108 cm³/mol. The molecule has 1 aromatic carbocycles. The van der Waals surface area contributed by atoms with E-state index < -0.39 is 17.9 Å². The van der Waals surface area contributed by atoms with Gasteiger partial charge >= 0.3 is 0 Å². The number of amides is 3. The fourth-order valence-electron chi connectivity index (χ4n) is 3.40. The first kappa shape index (κ1) is 20.0. The van der Waals surface area contributed by atoms with Crippen molar-refractivity contribution in [2.45, 2.75) is 31.3 Å². The van der Waals surface area contributed by atoms with Gasteiger partial charge in [0.15, 0.2) is 4.96 Å². The van der Waals surface area contributed by atoms with Crippen LogP contribution in [0, 0.1) is 5.82 Å². The minimum absolute atomic E-state index is 0.0914. The summed E-state index contributed by atoms with van der Waals surface area (Å²) in [5.41, 5.74) is 1.01. The fourth-order valence-corrected chi connectivity index (χ4v) is 4.09. The Morgan fingerprint density at radius 3 is 2.90 bits per heavy atom. The van der Waals surface area contributed by atoms with Crippen LogP contribution in [0.3, 0.4) is 0 Å². The van der Waals surface area contributed by atoms with Crippen molar-refractivity contribution in [1.29, 1.82) is 0 Å². The molecule has 0 radical (unpaired) electrons. The van der Waals surface area contributed by atoms with Crippen molar-refractivity contribution >= 4 is 34.0 Å². The van der Waals surface area contributed by atoms with Gasteiger partial charge in [-0.2, -0.15) is 0 Å². The van der Waals surface area contributed by atoms with Gasteiger partial charge in [0, 0.05) is 24.5 Å². The van der Waals surface area contributed by atoms with E-state index >= 15 is 0 Å². The molecular formula is C20H20FN5O3S. The molecule has 3 heterocycles.